The van der Waals surface area contributed by atoms with Gasteiger partial charge in [0.15, 0.2) is 0 Å². The van der Waals surface area contributed by atoms with E-state index in [0.717, 1.165) is 23.9 Å². The lowest BCUT2D eigenvalue weighted by atomic mass is 9.97. The SMILES string of the molecule is CC(C)C(CS)CN(C)Cc1cccc(Cl)c1. The van der Waals surface area contributed by atoms with E-state index in [2.05, 4.69) is 44.5 Å². The molecule has 1 unspecified atom stereocenters. The van der Waals surface area contributed by atoms with Crippen LogP contribution in [0.5, 0.6) is 0 Å². The summed E-state index contributed by atoms with van der Waals surface area (Å²) in [7, 11) is 2.15. The van der Waals surface area contributed by atoms with Crippen molar-refractivity contribution in [2.45, 2.75) is 20.4 Å². The zero-order valence-electron chi connectivity index (χ0n) is 10.9. The zero-order chi connectivity index (χ0) is 12.8. The minimum absolute atomic E-state index is 0.641. The fraction of sp³-hybridized carbons (Fsp3) is 0.571. The van der Waals surface area contributed by atoms with Crippen molar-refractivity contribution in [3.05, 3.63) is 34.9 Å². The summed E-state index contributed by atoms with van der Waals surface area (Å²) in [4.78, 5) is 2.34. The summed E-state index contributed by atoms with van der Waals surface area (Å²) in [5.41, 5.74) is 1.27. The van der Waals surface area contributed by atoms with Crippen molar-refractivity contribution >= 4 is 24.2 Å². The Morgan fingerprint density at radius 3 is 2.59 bits per heavy atom. The molecule has 1 rings (SSSR count). The summed E-state index contributed by atoms with van der Waals surface area (Å²) in [5, 5.41) is 0.811. The summed E-state index contributed by atoms with van der Waals surface area (Å²) in [6.07, 6.45) is 0. The molecule has 0 fully saturated rings. The van der Waals surface area contributed by atoms with Crippen LogP contribution in [0.3, 0.4) is 0 Å². The average Bonchev–Trinajstić information content (AvgIpc) is 2.25. The van der Waals surface area contributed by atoms with Gasteiger partial charge in [0, 0.05) is 18.1 Å². The second kappa shape index (κ2) is 7.30. The molecule has 17 heavy (non-hydrogen) atoms. The van der Waals surface area contributed by atoms with E-state index in [1.807, 2.05) is 18.2 Å². The molecule has 1 aromatic rings. The van der Waals surface area contributed by atoms with Gasteiger partial charge in [-0.25, -0.2) is 0 Å². The Morgan fingerprint density at radius 2 is 2.06 bits per heavy atom. The molecule has 0 heterocycles. The first-order chi connectivity index (χ1) is 8.02. The fourth-order valence-corrected chi connectivity index (χ4v) is 2.64. The topological polar surface area (TPSA) is 3.24 Å². The Bertz CT molecular complexity index is 341. The smallest absolute Gasteiger partial charge is 0.0409 e. The van der Waals surface area contributed by atoms with Crippen molar-refractivity contribution in [1.29, 1.82) is 0 Å². The standard InChI is InChI=1S/C14H22ClNS/c1-11(2)13(10-17)9-16(3)8-12-5-4-6-14(15)7-12/h4-7,11,13,17H,8-10H2,1-3H3. The van der Waals surface area contributed by atoms with Gasteiger partial charge < -0.3 is 4.90 Å². The molecule has 0 N–H and O–H groups in total. The Kier molecular flexibility index (Phi) is 6.39. The number of hydrogen-bond donors (Lipinski definition) is 1. The lowest BCUT2D eigenvalue weighted by Crippen LogP contribution is -2.29. The van der Waals surface area contributed by atoms with Crippen LogP contribution in [-0.4, -0.2) is 24.2 Å². The first-order valence-electron chi connectivity index (χ1n) is 6.06. The average molecular weight is 272 g/mol. The maximum absolute atomic E-state index is 5.98. The molecule has 1 aromatic carbocycles. The molecule has 0 aliphatic rings. The summed E-state index contributed by atoms with van der Waals surface area (Å²) in [6.45, 7) is 6.54. The van der Waals surface area contributed by atoms with Gasteiger partial charge in [0.1, 0.15) is 0 Å². The van der Waals surface area contributed by atoms with Gasteiger partial charge in [-0.3, -0.25) is 0 Å². The van der Waals surface area contributed by atoms with Crippen molar-refractivity contribution in [3.8, 4) is 0 Å². The zero-order valence-corrected chi connectivity index (χ0v) is 12.5. The van der Waals surface area contributed by atoms with Crippen LogP contribution in [0.25, 0.3) is 0 Å². The van der Waals surface area contributed by atoms with Crippen molar-refractivity contribution in [1.82, 2.24) is 4.90 Å². The van der Waals surface area contributed by atoms with Gasteiger partial charge >= 0.3 is 0 Å². The molecule has 0 saturated carbocycles. The van der Waals surface area contributed by atoms with E-state index < -0.39 is 0 Å². The Morgan fingerprint density at radius 1 is 1.35 bits per heavy atom. The predicted octanol–water partition coefficient (Wildman–Crippen LogP) is 3.97. The summed E-state index contributed by atoms with van der Waals surface area (Å²) >= 11 is 10.4. The third kappa shape index (κ3) is 5.33. The maximum Gasteiger partial charge on any atom is 0.0409 e. The van der Waals surface area contributed by atoms with Crippen molar-refractivity contribution < 1.29 is 0 Å². The van der Waals surface area contributed by atoms with Gasteiger partial charge in [-0.15, -0.1) is 0 Å². The highest BCUT2D eigenvalue weighted by Gasteiger charge is 2.14. The summed E-state index contributed by atoms with van der Waals surface area (Å²) < 4.78 is 0. The maximum atomic E-state index is 5.98. The second-order valence-electron chi connectivity index (χ2n) is 5.01. The van der Waals surface area contributed by atoms with Crippen LogP contribution in [0.1, 0.15) is 19.4 Å². The highest BCUT2D eigenvalue weighted by atomic mass is 35.5. The van der Waals surface area contributed by atoms with E-state index in [4.69, 9.17) is 11.6 Å². The fourth-order valence-electron chi connectivity index (χ4n) is 1.89. The minimum atomic E-state index is 0.641. The van der Waals surface area contributed by atoms with Crippen LogP contribution in [0, 0.1) is 11.8 Å². The molecule has 0 saturated heterocycles. The van der Waals surface area contributed by atoms with Gasteiger partial charge in [0.2, 0.25) is 0 Å². The van der Waals surface area contributed by atoms with Crippen LogP contribution in [0.4, 0.5) is 0 Å². The number of hydrogen-bond acceptors (Lipinski definition) is 2. The molecule has 0 spiro atoms. The number of halogens is 1. The Hall–Kier alpha value is -0.180. The molecule has 0 aliphatic heterocycles. The van der Waals surface area contributed by atoms with Crippen LogP contribution in [0.2, 0.25) is 5.02 Å². The number of nitrogens with zero attached hydrogens (tertiary/aromatic N) is 1. The van der Waals surface area contributed by atoms with Gasteiger partial charge in [0.25, 0.3) is 0 Å². The van der Waals surface area contributed by atoms with E-state index in [-0.39, 0.29) is 0 Å². The number of rotatable bonds is 6. The van der Waals surface area contributed by atoms with Crippen LogP contribution in [-0.2, 0) is 6.54 Å². The molecule has 1 atom stereocenters. The van der Waals surface area contributed by atoms with E-state index in [1.165, 1.54) is 5.56 Å². The predicted molar refractivity (Wildman–Crippen MR) is 80.0 cm³/mol. The van der Waals surface area contributed by atoms with E-state index in [9.17, 15) is 0 Å². The number of benzene rings is 1. The van der Waals surface area contributed by atoms with Crippen LogP contribution >= 0.6 is 24.2 Å². The molecule has 1 nitrogen and oxygen atoms in total. The molecule has 0 amide bonds. The highest BCUT2D eigenvalue weighted by molar-refractivity contribution is 7.80. The molecule has 96 valence electrons. The normalized spacial score (nSPS) is 13.4. The molecule has 3 heteroatoms. The Labute approximate surface area is 116 Å². The van der Waals surface area contributed by atoms with Crippen LogP contribution in [0.15, 0.2) is 24.3 Å². The largest absolute Gasteiger partial charge is 0.302 e. The van der Waals surface area contributed by atoms with Crippen molar-refractivity contribution in [2.75, 3.05) is 19.3 Å². The second-order valence-corrected chi connectivity index (χ2v) is 5.81. The third-order valence-corrected chi connectivity index (χ3v) is 3.77. The van der Waals surface area contributed by atoms with E-state index >= 15 is 0 Å². The van der Waals surface area contributed by atoms with Gasteiger partial charge in [-0.05, 0) is 42.3 Å². The van der Waals surface area contributed by atoms with Gasteiger partial charge in [-0.1, -0.05) is 37.6 Å². The van der Waals surface area contributed by atoms with E-state index in [0.29, 0.717) is 11.8 Å². The molecule has 0 radical (unpaired) electrons. The Balaban J connectivity index is 2.51. The van der Waals surface area contributed by atoms with E-state index in [1.54, 1.807) is 0 Å². The quantitative estimate of drug-likeness (QED) is 0.766. The molecular weight excluding hydrogens is 250 g/mol. The van der Waals surface area contributed by atoms with Crippen molar-refractivity contribution in [2.24, 2.45) is 11.8 Å². The third-order valence-electron chi connectivity index (χ3n) is 3.07. The molecule has 0 aliphatic carbocycles. The monoisotopic (exact) mass is 271 g/mol. The lowest BCUT2D eigenvalue weighted by molar-refractivity contribution is 0.246. The number of thiol groups is 1. The van der Waals surface area contributed by atoms with Crippen LogP contribution < -0.4 is 0 Å². The molecule has 0 aromatic heterocycles. The molecular formula is C14H22ClNS. The summed E-state index contributed by atoms with van der Waals surface area (Å²) in [6, 6.07) is 8.07. The van der Waals surface area contributed by atoms with Gasteiger partial charge in [-0.2, -0.15) is 12.6 Å². The molecule has 0 bridgehead atoms. The minimum Gasteiger partial charge on any atom is -0.302 e. The summed E-state index contributed by atoms with van der Waals surface area (Å²) in [5.74, 6) is 2.26. The van der Waals surface area contributed by atoms with Gasteiger partial charge in [0.05, 0.1) is 0 Å². The van der Waals surface area contributed by atoms with Crippen molar-refractivity contribution in [3.63, 3.8) is 0 Å². The first-order valence-corrected chi connectivity index (χ1v) is 7.07. The first kappa shape index (κ1) is 14.9. The lowest BCUT2D eigenvalue weighted by Gasteiger charge is -2.25. The highest BCUT2D eigenvalue weighted by Crippen LogP contribution is 2.16.